The van der Waals surface area contributed by atoms with Crippen LogP contribution < -0.4 is 4.90 Å². The molecule has 0 aromatic heterocycles. The van der Waals surface area contributed by atoms with Crippen LogP contribution in [0.3, 0.4) is 0 Å². The van der Waals surface area contributed by atoms with Crippen molar-refractivity contribution in [1.29, 1.82) is 0 Å². The highest BCUT2D eigenvalue weighted by atomic mass is 32.2. The summed E-state index contributed by atoms with van der Waals surface area (Å²) >= 11 is 1.63. The molecule has 5 atom stereocenters. The van der Waals surface area contributed by atoms with E-state index in [1.165, 1.54) is 0 Å². The number of ether oxygens (including phenoxy) is 1. The van der Waals surface area contributed by atoms with Crippen LogP contribution in [-0.4, -0.2) is 70.1 Å². The lowest BCUT2D eigenvalue weighted by Crippen LogP contribution is -2.55. The third kappa shape index (κ3) is 4.96. The van der Waals surface area contributed by atoms with Crippen LogP contribution in [0, 0.1) is 11.8 Å². The molecule has 2 bridgehead atoms. The van der Waals surface area contributed by atoms with Crippen molar-refractivity contribution >= 4 is 46.0 Å². The number of carbonyl (C=O) groups excluding carboxylic acids is 3. The topological polar surface area (TPSA) is 87.2 Å². The Morgan fingerprint density at radius 2 is 1.93 bits per heavy atom. The predicted octanol–water partition coefficient (Wildman–Crippen LogP) is 4.73. The van der Waals surface area contributed by atoms with Gasteiger partial charge in [-0.25, -0.2) is 0 Å². The Bertz CT molecular complexity index is 1300. The second-order valence-corrected chi connectivity index (χ2v) is 12.5. The van der Waals surface area contributed by atoms with E-state index in [4.69, 9.17) is 4.74 Å². The Morgan fingerprint density at radius 1 is 1.12 bits per heavy atom. The molecule has 3 fully saturated rings. The van der Waals surface area contributed by atoms with E-state index in [9.17, 15) is 19.5 Å². The van der Waals surface area contributed by atoms with Crippen LogP contribution in [0.4, 0.5) is 5.69 Å². The number of likely N-dealkylation sites (tertiary alicyclic amines) is 1. The third-order valence-electron chi connectivity index (χ3n) is 8.53. The third-order valence-corrected chi connectivity index (χ3v) is 10.5. The molecule has 3 aliphatic heterocycles. The number of carbonyl (C=O) groups is 3. The van der Waals surface area contributed by atoms with Gasteiger partial charge in [-0.15, -0.1) is 24.9 Å². The van der Waals surface area contributed by atoms with Crippen molar-refractivity contribution in [2.24, 2.45) is 11.8 Å². The molecular formula is C32H38N2O5S. The monoisotopic (exact) mass is 562 g/mol. The van der Waals surface area contributed by atoms with Crippen LogP contribution in [0.15, 0.2) is 67.8 Å². The number of fused-ring (bicyclic) bond motifs is 2. The number of allylic oxidation sites excluding steroid dienone is 1. The summed E-state index contributed by atoms with van der Waals surface area (Å²) in [7, 11) is 0. The van der Waals surface area contributed by atoms with Gasteiger partial charge in [0.2, 0.25) is 5.91 Å². The summed E-state index contributed by atoms with van der Waals surface area (Å²) in [5, 5.41) is 11.7. The fraction of sp³-hybridized carbons (Fsp3) is 0.469. The Balaban J connectivity index is 1.46. The van der Waals surface area contributed by atoms with E-state index in [1.807, 2.05) is 48.5 Å². The zero-order chi connectivity index (χ0) is 28.3. The maximum atomic E-state index is 14.5. The number of aliphatic hydroxyl groups is 1. The minimum atomic E-state index is -0.733. The fourth-order valence-electron chi connectivity index (χ4n) is 6.79. The molecule has 1 spiro atoms. The Labute approximate surface area is 240 Å². The first-order valence-corrected chi connectivity index (χ1v) is 15.1. The predicted molar refractivity (Wildman–Crippen MR) is 159 cm³/mol. The molecule has 3 saturated heterocycles. The Kier molecular flexibility index (Phi) is 8.66. The lowest BCUT2D eigenvalue weighted by molar-refractivity contribution is -0.154. The number of benzene rings is 2. The maximum Gasteiger partial charge on any atom is 0.310 e. The van der Waals surface area contributed by atoms with Crippen LogP contribution in [0.25, 0.3) is 10.8 Å². The molecule has 40 heavy (non-hydrogen) atoms. The zero-order valence-corrected chi connectivity index (χ0v) is 23.7. The lowest BCUT2D eigenvalue weighted by atomic mass is 9.71. The molecule has 2 amide bonds. The van der Waals surface area contributed by atoms with Crippen LogP contribution in [0.2, 0.25) is 0 Å². The second-order valence-electron chi connectivity index (χ2n) is 10.9. The first-order chi connectivity index (χ1) is 19.5. The van der Waals surface area contributed by atoms with E-state index in [0.717, 1.165) is 42.1 Å². The van der Waals surface area contributed by atoms with E-state index < -0.39 is 22.6 Å². The van der Waals surface area contributed by atoms with Crippen molar-refractivity contribution in [3.05, 3.63) is 67.8 Å². The van der Waals surface area contributed by atoms with Gasteiger partial charge in [0.15, 0.2) is 0 Å². The molecule has 8 heteroatoms. The highest BCUT2D eigenvalue weighted by Crippen LogP contribution is 2.66. The number of nitrogens with zero attached hydrogens (tertiary/aromatic N) is 2. The van der Waals surface area contributed by atoms with Gasteiger partial charge in [-0.2, -0.15) is 0 Å². The van der Waals surface area contributed by atoms with Gasteiger partial charge in [-0.3, -0.25) is 14.4 Å². The lowest BCUT2D eigenvalue weighted by Gasteiger charge is -2.37. The average Bonchev–Trinajstić information content (AvgIpc) is 3.61. The molecule has 0 aliphatic carbocycles. The molecule has 3 aliphatic rings. The molecule has 212 valence electrons. The number of aliphatic hydroxyl groups excluding tert-OH is 1. The quantitative estimate of drug-likeness (QED) is 0.216. The fourth-order valence-corrected chi connectivity index (χ4v) is 8.99. The van der Waals surface area contributed by atoms with Crippen LogP contribution in [0.5, 0.6) is 0 Å². The average molecular weight is 563 g/mol. The van der Waals surface area contributed by atoms with Gasteiger partial charge in [0.25, 0.3) is 5.91 Å². The SMILES string of the molecule is C=CCCCCOC(=O)[C@@H]1[C@@H]2CCC3(S2)C(C(=O)N(CC=C)c2ccc4ccccc4c2)N(CCCO)C(=O)[C@H]13. The van der Waals surface area contributed by atoms with Gasteiger partial charge in [-0.05, 0) is 61.4 Å². The molecule has 2 aromatic rings. The van der Waals surface area contributed by atoms with Crippen LogP contribution in [-0.2, 0) is 19.1 Å². The summed E-state index contributed by atoms with van der Waals surface area (Å²) in [6.45, 7) is 8.41. The van der Waals surface area contributed by atoms with Gasteiger partial charge >= 0.3 is 5.97 Å². The molecule has 7 nitrogen and oxygen atoms in total. The first-order valence-electron chi connectivity index (χ1n) is 14.2. The van der Waals surface area contributed by atoms with Crippen molar-refractivity contribution in [3.63, 3.8) is 0 Å². The minimum absolute atomic E-state index is 0.0431. The number of hydrogen-bond donors (Lipinski definition) is 1. The molecule has 0 radical (unpaired) electrons. The second kappa shape index (κ2) is 12.2. The van der Waals surface area contributed by atoms with Gasteiger partial charge < -0.3 is 19.6 Å². The Morgan fingerprint density at radius 3 is 2.67 bits per heavy atom. The number of unbranched alkanes of at least 4 members (excludes halogenated alkanes) is 2. The number of amides is 2. The molecular weight excluding hydrogens is 524 g/mol. The van der Waals surface area contributed by atoms with E-state index in [2.05, 4.69) is 13.2 Å². The number of anilines is 1. The van der Waals surface area contributed by atoms with Gasteiger partial charge in [-0.1, -0.05) is 42.5 Å². The van der Waals surface area contributed by atoms with Gasteiger partial charge in [0.1, 0.15) is 6.04 Å². The molecule has 1 N–H and O–H groups in total. The molecule has 3 heterocycles. The molecule has 2 aromatic carbocycles. The summed E-state index contributed by atoms with van der Waals surface area (Å²) in [5.41, 5.74) is 0.742. The molecule has 2 unspecified atom stereocenters. The van der Waals surface area contributed by atoms with E-state index in [-0.39, 0.29) is 36.2 Å². The Hall–Kier alpha value is -3.10. The van der Waals surface area contributed by atoms with Crippen molar-refractivity contribution in [1.82, 2.24) is 4.90 Å². The van der Waals surface area contributed by atoms with Crippen molar-refractivity contribution in [2.75, 3.05) is 31.2 Å². The van der Waals surface area contributed by atoms with Gasteiger partial charge in [0, 0.05) is 30.6 Å². The number of thioether (sulfide) groups is 1. The highest BCUT2D eigenvalue weighted by molar-refractivity contribution is 8.02. The summed E-state index contributed by atoms with van der Waals surface area (Å²) in [6.07, 6.45) is 7.87. The number of esters is 1. The normalized spacial score (nSPS) is 26.6. The largest absolute Gasteiger partial charge is 0.465 e. The summed E-state index contributed by atoms with van der Waals surface area (Å²) in [6, 6.07) is 13.2. The summed E-state index contributed by atoms with van der Waals surface area (Å²) < 4.78 is 4.98. The van der Waals surface area contributed by atoms with Crippen LogP contribution in [0.1, 0.15) is 38.5 Å². The highest BCUT2D eigenvalue weighted by Gasteiger charge is 2.74. The standard InChI is InChI=1S/C32H38N2O5S/c1-3-5-6-9-20-39-31(38)26-25-15-16-32(40-25)27(26)29(36)34(18-10-19-35)28(32)30(37)33(17-4-2)24-14-13-22-11-7-8-12-23(22)21-24/h3-4,7-8,11-14,21,25-28,35H,1-2,5-6,9-10,15-20H2/t25-,26+,27-,28?,32?/m0/s1. The molecule has 0 saturated carbocycles. The van der Waals surface area contributed by atoms with E-state index in [0.29, 0.717) is 26.0 Å². The summed E-state index contributed by atoms with van der Waals surface area (Å²) in [5.74, 6) is -1.84. The van der Waals surface area contributed by atoms with E-state index in [1.54, 1.807) is 27.6 Å². The van der Waals surface area contributed by atoms with Crippen molar-refractivity contribution in [2.45, 2.75) is 54.6 Å². The van der Waals surface area contributed by atoms with Gasteiger partial charge in [0.05, 0.1) is 23.2 Å². The number of rotatable bonds is 13. The van der Waals surface area contributed by atoms with E-state index >= 15 is 0 Å². The maximum absolute atomic E-state index is 14.5. The summed E-state index contributed by atoms with van der Waals surface area (Å²) in [4.78, 5) is 45.3. The molecule has 5 rings (SSSR count). The smallest absolute Gasteiger partial charge is 0.310 e. The van der Waals surface area contributed by atoms with Crippen molar-refractivity contribution in [3.8, 4) is 0 Å². The van der Waals surface area contributed by atoms with Crippen LogP contribution >= 0.6 is 11.8 Å². The first kappa shape index (κ1) is 28.4. The zero-order valence-electron chi connectivity index (χ0n) is 22.9. The number of hydrogen-bond acceptors (Lipinski definition) is 6. The minimum Gasteiger partial charge on any atom is -0.465 e. The van der Waals surface area contributed by atoms with Crippen molar-refractivity contribution < 1.29 is 24.2 Å².